The van der Waals surface area contributed by atoms with Gasteiger partial charge in [0.25, 0.3) is 10.0 Å². The number of carbonyl (C=O) groups is 1. The zero-order valence-electron chi connectivity index (χ0n) is 14.8. The van der Waals surface area contributed by atoms with Crippen molar-refractivity contribution in [3.8, 4) is 0 Å². The predicted molar refractivity (Wildman–Crippen MR) is 108 cm³/mol. The highest BCUT2D eigenvalue weighted by Gasteiger charge is 2.21. The Morgan fingerprint density at radius 1 is 1.00 bits per heavy atom. The number of nitrogens with zero attached hydrogens (tertiary/aromatic N) is 1. The third-order valence-electron chi connectivity index (χ3n) is 4.35. The molecule has 0 radical (unpaired) electrons. The zero-order chi connectivity index (χ0) is 19.6. The van der Waals surface area contributed by atoms with E-state index in [1.165, 1.54) is 12.1 Å². The molecule has 142 valence electrons. The monoisotopic (exact) mass is 394 g/mol. The summed E-state index contributed by atoms with van der Waals surface area (Å²) in [6.07, 6.45) is 1.93. The summed E-state index contributed by atoms with van der Waals surface area (Å²) in [7, 11) is -3.74. The van der Waals surface area contributed by atoms with E-state index < -0.39 is 10.0 Å². The van der Waals surface area contributed by atoms with Crippen LogP contribution in [0, 0.1) is 0 Å². The van der Waals surface area contributed by atoms with Crippen LogP contribution in [0.25, 0.3) is 0 Å². The number of benzene rings is 2. The van der Waals surface area contributed by atoms with Crippen LogP contribution in [0.1, 0.15) is 11.3 Å². The van der Waals surface area contributed by atoms with Crippen molar-refractivity contribution < 1.29 is 13.2 Å². The first kappa shape index (κ1) is 18.0. The second-order valence-corrected chi connectivity index (χ2v) is 8.08. The van der Waals surface area contributed by atoms with Gasteiger partial charge in [0, 0.05) is 23.3 Å². The van der Waals surface area contributed by atoms with E-state index in [1.54, 1.807) is 36.5 Å². The molecule has 1 aliphatic rings. The molecule has 8 heteroatoms. The Bertz CT molecular complexity index is 1110. The molecule has 0 saturated carbocycles. The molecule has 3 N–H and O–H groups in total. The number of fused-ring (bicyclic) bond motifs is 1. The van der Waals surface area contributed by atoms with Gasteiger partial charge in [-0.25, -0.2) is 8.42 Å². The number of carbonyl (C=O) groups excluding carboxylic acids is 1. The Balaban J connectivity index is 1.43. The smallest absolute Gasteiger partial charge is 0.261 e. The van der Waals surface area contributed by atoms with Crippen LogP contribution in [0.15, 0.2) is 71.8 Å². The van der Waals surface area contributed by atoms with Crippen molar-refractivity contribution in [3.05, 3.63) is 78.1 Å². The first-order valence-electron chi connectivity index (χ1n) is 8.69. The van der Waals surface area contributed by atoms with E-state index in [1.807, 2.05) is 18.2 Å². The number of amides is 1. The predicted octanol–water partition coefficient (Wildman–Crippen LogP) is 2.99. The molecule has 28 heavy (non-hydrogen) atoms. The summed E-state index contributed by atoms with van der Waals surface area (Å²) in [5, 5.41) is 5.93. The van der Waals surface area contributed by atoms with Gasteiger partial charge in [0.05, 0.1) is 23.6 Å². The quantitative estimate of drug-likeness (QED) is 0.597. The molecule has 0 spiro atoms. The van der Waals surface area contributed by atoms with Crippen LogP contribution in [0.3, 0.4) is 0 Å². The molecule has 4 rings (SSSR count). The van der Waals surface area contributed by atoms with E-state index in [0.29, 0.717) is 23.5 Å². The van der Waals surface area contributed by atoms with Crippen molar-refractivity contribution in [2.24, 2.45) is 0 Å². The lowest BCUT2D eigenvalue weighted by atomic mass is 10.2. The fourth-order valence-electron chi connectivity index (χ4n) is 2.94. The molecule has 2 aromatic carbocycles. The minimum absolute atomic E-state index is 0.125. The molecule has 0 atom stereocenters. The third-order valence-corrected chi connectivity index (χ3v) is 5.73. The molecule has 0 unspecified atom stereocenters. The number of aromatic nitrogens is 1. The van der Waals surface area contributed by atoms with E-state index in [2.05, 4.69) is 20.3 Å². The Morgan fingerprint density at radius 2 is 1.79 bits per heavy atom. The summed E-state index contributed by atoms with van der Waals surface area (Å²) in [6, 6.07) is 17.3. The van der Waals surface area contributed by atoms with Gasteiger partial charge in [0.15, 0.2) is 0 Å². The average molecular weight is 394 g/mol. The highest BCUT2D eigenvalue weighted by atomic mass is 32.2. The number of rotatable bonds is 6. The van der Waals surface area contributed by atoms with Crippen LogP contribution in [0.4, 0.5) is 17.1 Å². The summed E-state index contributed by atoms with van der Waals surface area (Å²) in [6.45, 7) is 0.577. The standard InChI is InChI=1S/C20H18N4O3S/c25-20-12-14-11-18(8-9-19(14)23-20)28(26,27)24-16-6-4-15(5-7-16)22-13-17-3-1-2-10-21-17/h1-11,22,24H,12-13H2,(H,23,25). The van der Waals surface area contributed by atoms with Gasteiger partial charge in [-0.1, -0.05) is 6.07 Å². The molecule has 0 fully saturated rings. The second-order valence-electron chi connectivity index (χ2n) is 6.40. The molecule has 3 aromatic rings. The molecular weight excluding hydrogens is 376 g/mol. The maximum Gasteiger partial charge on any atom is 0.261 e. The minimum atomic E-state index is -3.74. The van der Waals surface area contributed by atoms with Crippen LogP contribution in [0.5, 0.6) is 0 Å². The van der Waals surface area contributed by atoms with Gasteiger partial charge < -0.3 is 10.6 Å². The van der Waals surface area contributed by atoms with E-state index in [9.17, 15) is 13.2 Å². The number of pyridine rings is 1. The second kappa shape index (κ2) is 7.32. The summed E-state index contributed by atoms with van der Waals surface area (Å²) in [5.74, 6) is -0.133. The number of sulfonamides is 1. The lowest BCUT2D eigenvalue weighted by Gasteiger charge is -2.11. The Hall–Kier alpha value is -3.39. The summed E-state index contributed by atoms with van der Waals surface area (Å²) in [4.78, 5) is 15.8. The number of hydrogen-bond donors (Lipinski definition) is 3. The Kier molecular flexibility index (Phi) is 4.70. The zero-order valence-corrected chi connectivity index (χ0v) is 15.7. The fourth-order valence-corrected chi connectivity index (χ4v) is 4.05. The number of nitrogens with one attached hydrogen (secondary N) is 3. The first-order valence-corrected chi connectivity index (χ1v) is 10.2. The van der Waals surface area contributed by atoms with Gasteiger partial charge in [-0.3, -0.25) is 14.5 Å². The lowest BCUT2D eigenvalue weighted by molar-refractivity contribution is -0.115. The largest absolute Gasteiger partial charge is 0.379 e. The van der Waals surface area contributed by atoms with Crippen LogP contribution >= 0.6 is 0 Å². The average Bonchev–Trinajstić information content (AvgIpc) is 3.07. The van der Waals surface area contributed by atoms with Crippen LogP contribution in [-0.4, -0.2) is 19.3 Å². The molecular formula is C20H18N4O3S. The van der Waals surface area contributed by atoms with Gasteiger partial charge in [0.1, 0.15) is 0 Å². The van der Waals surface area contributed by atoms with Crippen molar-refractivity contribution in [3.63, 3.8) is 0 Å². The highest BCUT2D eigenvalue weighted by molar-refractivity contribution is 7.92. The molecule has 1 aromatic heterocycles. The topological polar surface area (TPSA) is 100 Å². The van der Waals surface area contributed by atoms with E-state index in [-0.39, 0.29) is 17.2 Å². The van der Waals surface area contributed by atoms with Gasteiger partial charge >= 0.3 is 0 Å². The maximum atomic E-state index is 12.6. The van der Waals surface area contributed by atoms with E-state index in [0.717, 1.165) is 11.4 Å². The lowest BCUT2D eigenvalue weighted by Crippen LogP contribution is -2.13. The molecule has 2 heterocycles. The molecule has 0 saturated heterocycles. The van der Waals surface area contributed by atoms with Crippen molar-refractivity contribution in [1.29, 1.82) is 0 Å². The van der Waals surface area contributed by atoms with Crippen molar-refractivity contribution in [1.82, 2.24) is 4.98 Å². The Labute approximate surface area is 162 Å². The molecule has 1 amide bonds. The molecule has 1 aliphatic heterocycles. The normalized spacial score (nSPS) is 12.9. The number of anilines is 3. The Morgan fingerprint density at radius 3 is 2.54 bits per heavy atom. The van der Waals surface area contributed by atoms with Crippen LogP contribution < -0.4 is 15.4 Å². The highest BCUT2D eigenvalue weighted by Crippen LogP contribution is 2.27. The van der Waals surface area contributed by atoms with Gasteiger partial charge in [-0.15, -0.1) is 0 Å². The van der Waals surface area contributed by atoms with Crippen molar-refractivity contribution in [2.45, 2.75) is 17.9 Å². The van der Waals surface area contributed by atoms with E-state index in [4.69, 9.17) is 0 Å². The third kappa shape index (κ3) is 3.96. The minimum Gasteiger partial charge on any atom is -0.379 e. The molecule has 0 bridgehead atoms. The van der Waals surface area contributed by atoms with Gasteiger partial charge in [-0.05, 0) is 60.2 Å². The van der Waals surface area contributed by atoms with Gasteiger partial charge in [-0.2, -0.15) is 0 Å². The van der Waals surface area contributed by atoms with Gasteiger partial charge in [0.2, 0.25) is 5.91 Å². The molecule has 7 nitrogen and oxygen atoms in total. The number of hydrogen-bond acceptors (Lipinski definition) is 5. The summed E-state index contributed by atoms with van der Waals surface area (Å²) < 4.78 is 27.8. The van der Waals surface area contributed by atoms with Crippen molar-refractivity contribution >= 4 is 33.0 Å². The van der Waals surface area contributed by atoms with Crippen LogP contribution in [0.2, 0.25) is 0 Å². The van der Waals surface area contributed by atoms with Crippen LogP contribution in [-0.2, 0) is 27.8 Å². The van der Waals surface area contributed by atoms with Crippen molar-refractivity contribution in [2.75, 3.05) is 15.4 Å². The fraction of sp³-hybridized carbons (Fsp3) is 0.100. The summed E-state index contributed by atoms with van der Waals surface area (Å²) in [5.41, 5.74) is 3.57. The van der Waals surface area contributed by atoms with E-state index >= 15 is 0 Å². The first-order chi connectivity index (χ1) is 13.5. The molecule has 0 aliphatic carbocycles. The maximum absolute atomic E-state index is 12.6. The summed E-state index contributed by atoms with van der Waals surface area (Å²) >= 11 is 0. The SMILES string of the molecule is O=C1Cc2cc(S(=O)(=O)Nc3ccc(NCc4ccccn4)cc3)ccc2N1.